The van der Waals surface area contributed by atoms with Gasteiger partial charge in [0.25, 0.3) is 0 Å². The lowest BCUT2D eigenvalue weighted by atomic mass is 9.68. The molecule has 3 aromatic carbocycles. The van der Waals surface area contributed by atoms with Crippen molar-refractivity contribution in [2.24, 2.45) is 0 Å². The maximum atomic E-state index is 14.1. The molecule has 0 spiro atoms. The fourth-order valence-corrected chi connectivity index (χ4v) is 5.66. The maximum Gasteiger partial charge on any atom is 0.126 e. The number of ether oxygens (including phenoxy) is 1. The molecule has 3 nitrogen and oxygen atoms in total. The molecule has 0 aromatic heterocycles. The number of fused-ring (bicyclic) bond motifs is 3. The van der Waals surface area contributed by atoms with Crippen LogP contribution >= 0.6 is 0 Å². The smallest absolute Gasteiger partial charge is 0.126 e. The lowest BCUT2D eigenvalue weighted by molar-refractivity contribution is 0.0374. The number of hydrogen-bond acceptors (Lipinski definition) is 3. The number of phenolic OH excluding ortho intramolecular Hbond substituents is 1. The van der Waals surface area contributed by atoms with Gasteiger partial charge in [-0.05, 0) is 74.0 Å². The van der Waals surface area contributed by atoms with Crippen molar-refractivity contribution >= 4 is 0 Å². The molecular formula is C29H32FNO2. The predicted octanol–water partition coefficient (Wildman–Crippen LogP) is 5.89. The number of piperidine rings is 1. The molecule has 3 aromatic rings. The van der Waals surface area contributed by atoms with Crippen molar-refractivity contribution in [3.63, 3.8) is 0 Å². The third kappa shape index (κ3) is 4.63. The van der Waals surface area contributed by atoms with Gasteiger partial charge in [0.15, 0.2) is 0 Å². The highest BCUT2D eigenvalue weighted by Gasteiger charge is 2.51. The van der Waals surface area contributed by atoms with Crippen molar-refractivity contribution in [1.29, 1.82) is 0 Å². The molecule has 0 bridgehead atoms. The molecule has 33 heavy (non-hydrogen) atoms. The van der Waals surface area contributed by atoms with Gasteiger partial charge >= 0.3 is 0 Å². The standard InChI is InChI=1S/C29H32FNO2/c30-26-12-5-4-11-23(26)15-18-31-19-17-29(16-7-6-10-22-8-2-1-3-9-22)25-20-24(32)13-14-27(25)33-28(29)21-31/h1-5,8-9,11-14,20,28,32H,6-7,10,15-19,21H2/t28-,29-/m0/s1. The molecule has 0 saturated carbocycles. The van der Waals surface area contributed by atoms with E-state index in [4.69, 9.17) is 4.74 Å². The van der Waals surface area contributed by atoms with Gasteiger partial charge in [-0.3, -0.25) is 4.90 Å². The zero-order chi connectivity index (χ0) is 22.7. The SMILES string of the molecule is Oc1ccc2c(c1)[C@]1(CCCCc3ccccc3)CCN(CCc3ccccc3F)C[C@@H]1O2. The minimum atomic E-state index is -0.123. The van der Waals surface area contributed by atoms with Crippen LogP contribution in [0.15, 0.2) is 72.8 Å². The second-order valence-electron chi connectivity index (χ2n) is 9.53. The molecule has 172 valence electrons. The summed E-state index contributed by atoms with van der Waals surface area (Å²) >= 11 is 0. The normalized spacial score (nSPS) is 21.9. The Balaban J connectivity index is 1.27. The van der Waals surface area contributed by atoms with Gasteiger partial charge in [0.05, 0.1) is 0 Å². The molecule has 0 unspecified atom stereocenters. The minimum absolute atomic E-state index is 0.0563. The van der Waals surface area contributed by atoms with E-state index in [1.165, 1.54) is 17.2 Å². The lowest BCUT2D eigenvalue weighted by Gasteiger charge is -2.43. The molecule has 2 aliphatic heterocycles. The Morgan fingerprint density at radius 1 is 0.970 bits per heavy atom. The summed E-state index contributed by atoms with van der Waals surface area (Å²) in [5.41, 5.74) is 3.27. The number of aromatic hydroxyl groups is 1. The zero-order valence-corrected chi connectivity index (χ0v) is 19.1. The van der Waals surface area contributed by atoms with Crippen molar-refractivity contribution in [1.82, 2.24) is 4.90 Å². The van der Waals surface area contributed by atoms with E-state index in [2.05, 4.69) is 35.2 Å². The van der Waals surface area contributed by atoms with Gasteiger partial charge in [-0.2, -0.15) is 0 Å². The lowest BCUT2D eigenvalue weighted by Crippen LogP contribution is -2.53. The maximum absolute atomic E-state index is 14.1. The molecular weight excluding hydrogens is 413 g/mol. The molecule has 4 heteroatoms. The van der Waals surface area contributed by atoms with Gasteiger partial charge < -0.3 is 9.84 Å². The summed E-state index contributed by atoms with van der Waals surface area (Å²) in [6.45, 7) is 2.62. The van der Waals surface area contributed by atoms with Crippen LogP contribution in [0.3, 0.4) is 0 Å². The number of rotatable bonds is 8. The Hall–Kier alpha value is -2.85. The molecule has 2 aliphatic rings. The van der Waals surface area contributed by atoms with Gasteiger partial charge in [-0.15, -0.1) is 0 Å². The summed E-state index contributed by atoms with van der Waals surface area (Å²) in [4.78, 5) is 2.41. The summed E-state index contributed by atoms with van der Waals surface area (Å²) in [6.07, 6.45) is 6.18. The zero-order valence-electron chi connectivity index (χ0n) is 19.1. The Morgan fingerprint density at radius 2 is 1.79 bits per heavy atom. The van der Waals surface area contributed by atoms with Gasteiger partial charge in [-0.25, -0.2) is 4.39 Å². The molecule has 1 N–H and O–H groups in total. The highest BCUT2D eigenvalue weighted by atomic mass is 19.1. The fraction of sp³-hybridized carbons (Fsp3) is 0.379. The van der Waals surface area contributed by atoms with Crippen LogP contribution in [0.5, 0.6) is 11.5 Å². The summed E-state index contributed by atoms with van der Waals surface area (Å²) in [7, 11) is 0. The first-order valence-electron chi connectivity index (χ1n) is 12.1. The van der Waals surface area contributed by atoms with Crippen LogP contribution in [0.2, 0.25) is 0 Å². The van der Waals surface area contributed by atoms with E-state index in [0.29, 0.717) is 12.2 Å². The van der Waals surface area contributed by atoms with Crippen LogP contribution < -0.4 is 4.74 Å². The fourth-order valence-electron chi connectivity index (χ4n) is 5.66. The third-order valence-electron chi connectivity index (χ3n) is 7.52. The van der Waals surface area contributed by atoms with Gasteiger partial charge in [0.1, 0.15) is 23.4 Å². The van der Waals surface area contributed by atoms with Gasteiger partial charge in [0, 0.05) is 24.1 Å². The van der Waals surface area contributed by atoms with E-state index >= 15 is 0 Å². The Morgan fingerprint density at radius 3 is 2.64 bits per heavy atom. The molecule has 2 atom stereocenters. The average Bonchev–Trinajstić information content (AvgIpc) is 3.15. The molecule has 0 amide bonds. The Labute approximate surface area is 195 Å². The van der Waals surface area contributed by atoms with E-state index < -0.39 is 0 Å². The predicted molar refractivity (Wildman–Crippen MR) is 129 cm³/mol. The minimum Gasteiger partial charge on any atom is -0.508 e. The monoisotopic (exact) mass is 445 g/mol. The van der Waals surface area contributed by atoms with Crippen molar-refractivity contribution in [3.8, 4) is 11.5 Å². The van der Waals surface area contributed by atoms with Crippen molar-refractivity contribution in [3.05, 3.63) is 95.3 Å². The summed E-state index contributed by atoms with van der Waals surface area (Å²) in [5, 5.41) is 10.2. The first kappa shape index (κ1) is 22.0. The van der Waals surface area contributed by atoms with Crippen LogP contribution in [-0.2, 0) is 18.3 Å². The Kier molecular flexibility index (Phi) is 6.37. The van der Waals surface area contributed by atoms with E-state index in [1.54, 1.807) is 12.1 Å². The van der Waals surface area contributed by atoms with Crippen LogP contribution in [0, 0.1) is 5.82 Å². The molecule has 1 fully saturated rings. The van der Waals surface area contributed by atoms with E-state index in [1.807, 2.05) is 24.3 Å². The van der Waals surface area contributed by atoms with Crippen LogP contribution in [0.25, 0.3) is 0 Å². The second-order valence-corrected chi connectivity index (χ2v) is 9.53. The first-order valence-corrected chi connectivity index (χ1v) is 12.1. The van der Waals surface area contributed by atoms with Crippen LogP contribution in [0.4, 0.5) is 4.39 Å². The van der Waals surface area contributed by atoms with Crippen LogP contribution in [0.1, 0.15) is 42.4 Å². The van der Waals surface area contributed by atoms with Crippen LogP contribution in [-0.4, -0.2) is 35.7 Å². The van der Waals surface area contributed by atoms with Gasteiger partial charge in [0.2, 0.25) is 0 Å². The van der Waals surface area contributed by atoms with Crippen molar-refractivity contribution in [2.75, 3.05) is 19.6 Å². The number of unbranched alkanes of at least 4 members (excludes halogenated alkanes) is 1. The highest BCUT2D eigenvalue weighted by molar-refractivity contribution is 5.49. The average molecular weight is 446 g/mol. The van der Waals surface area contributed by atoms with E-state index in [-0.39, 0.29) is 17.3 Å². The number of likely N-dealkylation sites (tertiary alicyclic amines) is 1. The number of aryl methyl sites for hydroxylation is 1. The molecule has 2 heterocycles. The second kappa shape index (κ2) is 9.56. The number of hydrogen-bond donors (Lipinski definition) is 1. The molecule has 1 saturated heterocycles. The number of nitrogens with zero attached hydrogens (tertiary/aromatic N) is 1. The topological polar surface area (TPSA) is 32.7 Å². The molecule has 0 radical (unpaired) electrons. The molecule has 5 rings (SSSR count). The first-order chi connectivity index (χ1) is 16.1. The quantitative estimate of drug-likeness (QED) is 0.439. The summed E-state index contributed by atoms with van der Waals surface area (Å²) in [5.74, 6) is 1.10. The van der Waals surface area contributed by atoms with Crippen molar-refractivity contribution < 1.29 is 14.2 Å². The third-order valence-corrected chi connectivity index (χ3v) is 7.52. The summed E-state index contributed by atoms with van der Waals surface area (Å²) < 4.78 is 20.5. The van der Waals surface area contributed by atoms with E-state index in [0.717, 1.165) is 63.1 Å². The summed E-state index contributed by atoms with van der Waals surface area (Å²) in [6, 6.07) is 23.3. The van der Waals surface area contributed by atoms with E-state index in [9.17, 15) is 9.50 Å². The largest absolute Gasteiger partial charge is 0.508 e. The van der Waals surface area contributed by atoms with Gasteiger partial charge in [-0.1, -0.05) is 55.0 Å². The number of halogens is 1. The highest BCUT2D eigenvalue weighted by Crippen LogP contribution is 2.51. The van der Waals surface area contributed by atoms with Crippen molar-refractivity contribution in [2.45, 2.75) is 50.0 Å². The Bertz CT molecular complexity index is 1090. The number of phenols is 1. The molecule has 0 aliphatic carbocycles. The number of benzene rings is 3.